The van der Waals surface area contributed by atoms with Crippen LogP contribution in [0.3, 0.4) is 0 Å². The first-order chi connectivity index (χ1) is 11.4. The van der Waals surface area contributed by atoms with E-state index in [1.165, 1.54) is 19.3 Å². The molecule has 2 fully saturated rings. The van der Waals surface area contributed by atoms with E-state index in [1.54, 1.807) is 7.11 Å². The van der Waals surface area contributed by atoms with E-state index >= 15 is 0 Å². The lowest BCUT2D eigenvalue weighted by atomic mass is 9.76. The second kappa shape index (κ2) is 5.12. The zero-order valence-electron chi connectivity index (χ0n) is 14.8. The van der Waals surface area contributed by atoms with E-state index in [-0.39, 0.29) is 5.91 Å². The number of likely N-dealkylation sites (N-methyl/N-ethyl adjacent to an activating group) is 1. The van der Waals surface area contributed by atoms with Gasteiger partial charge >= 0.3 is 0 Å². The molecule has 1 saturated carbocycles. The van der Waals surface area contributed by atoms with Crippen molar-refractivity contribution >= 4 is 11.6 Å². The molecule has 1 aromatic carbocycles. The van der Waals surface area contributed by atoms with Gasteiger partial charge in [0.15, 0.2) is 5.66 Å². The first-order valence-corrected chi connectivity index (χ1v) is 8.96. The molecule has 5 heteroatoms. The highest BCUT2D eigenvalue weighted by Gasteiger charge is 2.67. The Morgan fingerprint density at radius 1 is 1.25 bits per heavy atom. The Balaban J connectivity index is 1.78. The molecule has 1 aliphatic carbocycles. The van der Waals surface area contributed by atoms with Gasteiger partial charge in [0.25, 0.3) is 5.91 Å². The van der Waals surface area contributed by atoms with Crippen LogP contribution in [0.2, 0.25) is 0 Å². The molecule has 2 atom stereocenters. The molecule has 1 aromatic rings. The molecule has 0 unspecified atom stereocenters. The average Bonchev–Trinajstić information content (AvgIpc) is 2.93. The molecular formula is C19H27N3O2. The van der Waals surface area contributed by atoms with E-state index in [1.807, 2.05) is 24.1 Å². The van der Waals surface area contributed by atoms with Crippen LogP contribution in [0.4, 0.5) is 5.69 Å². The van der Waals surface area contributed by atoms with E-state index < -0.39 is 11.1 Å². The number of likely N-dealkylation sites (tertiary alicyclic amines) is 1. The van der Waals surface area contributed by atoms with Gasteiger partial charge in [0.2, 0.25) is 0 Å². The summed E-state index contributed by atoms with van der Waals surface area (Å²) in [6.45, 7) is 2.83. The molecular weight excluding hydrogens is 302 g/mol. The van der Waals surface area contributed by atoms with Gasteiger partial charge in [0, 0.05) is 25.3 Å². The summed E-state index contributed by atoms with van der Waals surface area (Å²) in [5.41, 5.74) is 7.56. The molecule has 0 aromatic heterocycles. The molecule has 1 amide bonds. The van der Waals surface area contributed by atoms with Crippen LogP contribution in [0, 0.1) is 0 Å². The van der Waals surface area contributed by atoms with Gasteiger partial charge in [0.05, 0.1) is 12.5 Å². The monoisotopic (exact) mass is 329 g/mol. The van der Waals surface area contributed by atoms with Crippen LogP contribution in [0.1, 0.15) is 44.6 Å². The molecule has 1 saturated heterocycles. The highest BCUT2D eigenvalue weighted by molar-refractivity contribution is 5.98. The normalized spacial score (nSPS) is 32.9. The Morgan fingerprint density at radius 3 is 2.62 bits per heavy atom. The van der Waals surface area contributed by atoms with E-state index in [2.05, 4.69) is 17.9 Å². The molecule has 0 bridgehead atoms. The van der Waals surface area contributed by atoms with Crippen molar-refractivity contribution in [3.05, 3.63) is 23.8 Å². The standard InChI is InChI=1S/C19H27N3O2/c1-18-12-22(13-7-5-4-6-8-13)17(23)19(18,20)21(2)16-10-9-14(24-3)11-15(16)18/h9-11,13H,4-8,12,20H2,1-3H3/t18-,19+/m1/s1. The summed E-state index contributed by atoms with van der Waals surface area (Å²) in [6.07, 6.45) is 5.91. The summed E-state index contributed by atoms with van der Waals surface area (Å²) in [7, 11) is 3.62. The minimum Gasteiger partial charge on any atom is -0.497 e. The fraction of sp³-hybridized carbons (Fsp3) is 0.632. The van der Waals surface area contributed by atoms with Crippen molar-refractivity contribution in [2.24, 2.45) is 5.73 Å². The second-order valence-corrected chi connectivity index (χ2v) is 7.77. The van der Waals surface area contributed by atoms with Crippen LogP contribution in [-0.4, -0.2) is 43.2 Å². The molecule has 24 heavy (non-hydrogen) atoms. The maximum atomic E-state index is 13.4. The lowest BCUT2D eigenvalue weighted by Crippen LogP contribution is -2.65. The Hall–Kier alpha value is -1.75. The van der Waals surface area contributed by atoms with Crippen molar-refractivity contribution in [3.8, 4) is 5.75 Å². The highest BCUT2D eigenvalue weighted by Crippen LogP contribution is 2.54. The Labute approximate surface area is 143 Å². The molecule has 5 nitrogen and oxygen atoms in total. The Bertz CT molecular complexity index is 685. The molecule has 0 radical (unpaired) electrons. The van der Waals surface area contributed by atoms with Crippen molar-refractivity contribution in [2.75, 3.05) is 25.6 Å². The first-order valence-electron chi connectivity index (χ1n) is 8.96. The van der Waals surface area contributed by atoms with Gasteiger partial charge in [0.1, 0.15) is 5.75 Å². The summed E-state index contributed by atoms with van der Waals surface area (Å²) in [5.74, 6) is 0.894. The molecule has 4 rings (SSSR count). The molecule has 130 valence electrons. The van der Waals surface area contributed by atoms with E-state index in [0.717, 1.165) is 29.8 Å². The molecule has 2 heterocycles. The number of nitrogens with two attached hydrogens (primary N) is 1. The molecule has 2 aliphatic heterocycles. The van der Waals surface area contributed by atoms with E-state index in [9.17, 15) is 4.79 Å². The predicted octanol–water partition coefficient (Wildman–Crippen LogP) is 2.23. The van der Waals surface area contributed by atoms with Gasteiger partial charge in [-0.15, -0.1) is 0 Å². The number of hydrogen-bond acceptors (Lipinski definition) is 4. The van der Waals surface area contributed by atoms with Gasteiger partial charge in [-0.05, 0) is 43.5 Å². The smallest absolute Gasteiger partial charge is 0.264 e. The first kappa shape index (κ1) is 15.8. The highest BCUT2D eigenvalue weighted by atomic mass is 16.5. The van der Waals surface area contributed by atoms with Crippen LogP contribution in [0.25, 0.3) is 0 Å². The molecule has 0 spiro atoms. The van der Waals surface area contributed by atoms with Gasteiger partial charge < -0.3 is 14.5 Å². The molecule has 3 aliphatic rings. The quantitative estimate of drug-likeness (QED) is 0.904. The van der Waals surface area contributed by atoms with Crippen molar-refractivity contribution in [1.82, 2.24) is 4.90 Å². The fourth-order valence-corrected chi connectivity index (χ4v) is 5.05. The number of hydrogen-bond donors (Lipinski definition) is 1. The van der Waals surface area contributed by atoms with Crippen LogP contribution in [-0.2, 0) is 10.2 Å². The number of methoxy groups -OCH3 is 1. The van der Waals surface area contributed by atoms with Crippen molar-refractivity contribution < 1.29 is 9.53 Å². The largest absolute Gasteiger partial charge is 0.497 e. The number of ether oxygens (including phenoxy) is 1. The molecule has 2 N–H and O–H groups in total. The number of carbonyl (C=O) groups excluding carboxylic acids is 1. The van der Waals surface area contributed by atoms with Gasteiger partial charge in [-0.2, -0.15) is 0 Å². The summed E-state index contributed by atoms with van der Waals surface area (Å²) < 4.78 is 5.41. The summed E-state index contributed by atoms with van der Waals surface area (Å²) in [6, 6.07) is 6.35. The third-order valence-corrected chi connectivity index (χ3v) is 6.62. The van der Waals surface area contributed by atoms with Gasteiger partial charge in [-0.1, -0.05) is 19.3 Å². The maximum absolute atomic E-state index is 13.4. The predicted molar refractivity (Wildman–Crippen MR) is 94.3 cm³/mol. The van der Waals surface area contributed by atoms with Crippen molar-refractivity contribution in [1.29, 1.82) is 0 Å². The lowest BCUT2D eigenvalue weighted by molar-refractivity contribution is -0.134. The number of nitrogens with zero attached hydrogens (tertiary/aromatic N) is 2. The number of anilines is 1. The zero-order valence-corrected chi connectivity index (χ0v) is 14.8. The second-order valence-electron chi connectivity index (χ2n) is 7.77. The van der Waals surface area contributed by atoms with Crippen molar-refractivity contribution in [2.45, 2.75) is 56.1 Å². The number of rotatable bonds is 2. The summed E-state index contributed by atoms with van der Waals surface area (Å²) >= 11 is 0. The third kappa shape index (κ3) is 1.76. The van der Waals surface area contributed by atoms with E-state index in [4.69, 9.17) is 10.5 Å². The van der Waals surface area contributed by atoms with Crippen molar-refractivity contribution in [3.63, 3.8) is 0 Å². The summed E-state index contributed by atoms with van der Waals surface area (Å²) in [4.78, 5) is 17.4. The van der Waals surface area contributed by atoms with Crippen LogP contribution < -0.4 is 15.4 Å². The van der Waals surface area contributed by atoms with Crippen LogP contribution >= 0.6 is 0 Å². The average molecular weight is 329 g/mol. The van der Waals surface area contributed by atoms with Crippen LogP contribution in [0.5, 0.6) is 5.75 Å². The summed E-state index contributed by atoms with van der Waals surface area (Å²) in [5, 5.41) is 0. The number of amides is 1. The maximum Gasteiger partial charge on any atom is 0.264 e. The zero-order chi connectivity index (χ0) is 17.1. The fourth-order valence-electron chi connectivity index (χ4n) is 5.05. The Kier molecular flexibility index (Phi) is 3.36. The Morgan fingerprint density at radius 2 is 1.96 bits per heavy atom. The topological polar surface area (TPSA) is 58.8 Å². The lowest BCUT2D eigenvalue weighted by Gasteiger charge is -2.37. The minimum absolute atomic E-state index is 0.0783. The van der Waals surface area contributed by atoms with Crippen LogP contribution in [0.15, 0.2) is 18.2 Å². The number of carbonyl (C=O) groups is 1. The van der Waals surface area contributed by atoms with Gasteiger partial charge in [-0.3, -0.25) is 10.5 Å². The number of benzene rings is 1. The van der Waals surface area contributed by atoms with E-state index in [0.29, 0.717) is 12.6 Å². The SMILES string of the molecule is COc1ccc2c(c1)[C@@]1(C)CN(C3CCCCC3)C(=O)[C@]1(N)N2C. The third-order valence-electron chi connectivity index (χ3n) is 6.62. The van der Waals surface area contributed by atoms with Gasteiger partial charge in [-0.25, -0.2) is 0 Å². The minimum atomic E-state index is -1.00. The number of fused-ring (bicyclic) bond motifs is 3.